The molecule has 2 aromatic heterocycles. The second-order valence-electron chi connectivity index (χ2n) is 7.71. The number of benzene rings is 1. The van der Waals surface area contributed by atoms with E-state index < -0.39 is 11.7 Å². The summed E-state index contributed by atoms with van der Waals surface area (Å²) in [4.78, 5) is 28.2. The summed E-state index contributed by atoms with van der Waals surface area (Å²) >= 11 is 6.46. The molecule has 1 amide bonds. The van der Waals surface area contributed by atoms with Gasteiger partial charge < -0.3 is 15.5 Å². The van der Waals surface area contributed by atoms with Gasteiger partial charge in [-0.1, -0.05) is 18.2 Å². The molecule has 0 saturated carbocycles. The van der Waals surface area contributed by atoms with Gasteiger partial charge in [0, 0.05) is 36.6 Å². The molecule has 0 aliphatic carbocycles. The number of hydrogen-bond donors (Lipinski definition) is 1. The first kappa shape index (κ1) is 22.8. The lowest BCUT2D eigenvalue weighted by Crippen LogP contribution is -2.53. The van der Waals surface area contributed by atoms with Crippen molar-refractivity contribution >= 4 is 40.0 Å². The highest BCUT2D eigenvalue weighted by molar-refractivity contribution is 6.34. The Kier molecular flexibility index (Phi) is 5.87. The Morgan fingerprint density at radius 3 is 2.70 bits per heavy atom. The van der Waals surface area contributed by atoms with Crippen LogP contribution in [-0.2, 0) is 11.0 Å². The fourth-order valence-electron chi connectivity index (χ4n) is 3.98. The van der Waals surface area contributed by atoms with E-state index in [1.807, 2.05) is 11.8 Å². The van der Waals surface area contributed by atoms with Crippen LogP contribution >= 0.6 is 11.6 Å². The van der Waals surface area contributed by atoms with Gasteiger partial charge in [-0.25, -0.2) is 15.0 Å². The van der Waals surface area contributed by atoms with E-state index in [1.54, 1.807) is 11.0 Å². The number of aromatic nitrogens is 3. The predicted octanol–water partition coefficient (Wildman–Crippen LogP) is 4.17. The SMILES string of the molecule is C=CC(=O)N1CCN(c2ncnc3cc(-c4nc(N)ccc4C(F)(F)F)c(Cl)cc23)[C@@H](C)C1. The van der Waals surface area contributed by atoms with Crippen molar-refractivity contribution in [1.82, 2.24) is 19.9 Å². The number of hydrogen-bond acceptors (Lipinski definition) is 6. The highest BCUT2D eigenvalue weighted by Crippen LogP contribution is 2.41. The van der Waals surface area contributed by atoms with Crippen LogP contribution in [0.2, 0.25) is 5.02 Å². The molecule has 7 nitrogen and oxygen atoms in total. The van der Waals surface area contributed by atoms with E-state index >= 15 is 0 Å². The van der Waals surface area contributed by atoms with E-state index in [4.69, 9.17) is 17.3 Å². The maximum atomic E-state index is 13.6. The van der Waals surface area contributed by atoms with Gasteiger partial charge in [-0.3, -0.25) is 4.79 Å². The number of fused-ring (bicyclic) bond motifs is 1. The number of carbonyl (C=O) groups excluding carboxylic acids is 1. The number of halogens is 4. The minimum absolute atomic E-state index is 0.0571. The van der Waals surface area contributed by atoms with Gasteiger partial charge in [0.2, 0.25) is 5.91 Å². The van der Waals surface area contributed by atoms with Crippen LogP contribution in [0, 0.1) is 0 Å². The van der Waals surface area contributed by atoms with E-state index in [-0.39, 0.29) is 34.0 Å². The van der Waals surface area contributed by atoms with Crippen molar-refractivity contribution < 1.29 is 18.0 Å². The third-order valence-corrected chi connectivity index (χ3v) is 5.88. The molecule has 3 heterocycles. The minimum Gasteiger partial charge on any atom is -0.384 e. The number of piperazine rings is 1. The fourth-order valence-corrected chi connectivity index (χ4v) is 4.24. The molecule has 0 unspecified atom stereocenters. The number of amides is 1. The van der Waals surface area contributed by atoms with Gasteiger partial charge in [-0.05, 0) is 37.3 Å². The summed E-state index contributed by atoms with van der Waals surface area (Å²) in [5.41, 5.74) is 4.84. The van der Waals surface area contributed by atoms with E-state index in [0.29, 0.717) is 36.4 Å². The zero-order valence-electron chi connectivity index (χ0n) is 17.6. The van der Waals surface area contributed by atoms with Gasteiger partial charge in [-0.15, -0.1) is 0 Å². The Hall–Kier alpha value is -3.40. The maximum absolute atomic E-state index is 13.6. The third kappa shape index (κ3) is 4.30. The summed E-state index contributed by atoms with van der Waals surface area (Å²) in [6.45, 7) is 6.95. The highest BCUT2D eigenvalue weighted by Gasteiger charge is 2.35. The van der Waals surface area contributed by atoms with Crippen LogP contribution in [0.1, 0.15) is 12.5 Å². The Bertz CT molecular complexity index is 1250. The average molecular weight is 477 g/mol. The van der Waals surface area contributed by atoms with Crippen molar-refractivity contribution in [3.05, 3.63) is 53.8 Å². The molecule has 1 saturated heterocycles. The molecule has 2 N–H and O–H groups in total. The number of anilines is 2. The summed E-state index contributed by atoms with van der Waals surface area (Å²) in [6.07, 6.45) is -2.01. The Balaban J connectivity index is 1.79. The molecule has 0 radical (unpaired) electrons. The van der Waals surface area contributed by atoms with Crippen LogP contribution in [0.15, 0.2) is 43.2 Å². The lowest BCUT2D eigenvalue weighted by Gasteiger charge is -2.40. The molecule has 1 fully saturated rings. The van der Waals surface area contributed by atoms with E-state index in [0.717, 1.165) is 12.1 Å². The molecule has 4 rings (SSSR count). The van der Waals surface area contributed by atoms with Crippen molar-refractivity contribution in [2.75, 3.05) is 30.3 Å². The fraction of sp³-hybridized carbons (Fsp3) is 0.273. The van der Waals surface area contributed by atoms with Crippen LogP contribution in [0.4, 0.5) is 24.8 Å². The van der Waals surface area contributed by atoms with E-state index in [1.165, 1.54) is 18.5 Å². The van der Waals surface area contributed by atoms with Crippen molar-refractivity contribution in [3.63, 3.8) is 0 Å². The van der Waals surface area contributed by atoms with E-state index in [9.17, 15) is 18.0 Å². The number of alkyl halides is 3. The van der Waals surface area contributed by atoms with E-state index in [2.05, 4.69) is 21.5 Å². The largest absolute Gasteiger partial charge is 0.418 e. The lowest BCUT2D eigenvalue weighted by atomic mass is 10.0. The summed E-state index contributed by atoms with van der Waals surface area (Å²) in [7, 11) is 0. The molecule has 1 aromatic carbocycles. The van der Waals surface area contributed by atoms with Crippen LogP contribution in [-0.4, -0.2) is 51.4 Å². The van der Waals surface area contributed by atoms with Gasteiger partial charge in [0.05, 0.1) is 21.8 Å². The zero-order chi connectivity index (χ0) is 23.9. The van der Waals surface area contributed by atoms with Gasteiger partial charge in [0.15, 0.2) is 0 Å². The van der Waals surface area contributed by atoms with Gasteiger partial charge in [0.1, 0.15) is 18.0 Å². The molecule has 1 aliphatic rings. The normalized spacial score (nSPS) is 16.8. The smallest absolute Gasteiger partial charge is 0.384 e. The first-order valence-electron chi connectivity index (χ1n) is 10.1. The summed E-state index contributed by atoms with van der Waals surface area (Å²) in [5, 5.41) is 0.648. The number of nitrogens with zero attached hydrogens (tertiary/aromatic N) is 5. The van der Waals surface area contributed by atoms with Crippen molar-refractivity contribution in [2.24, 2.45) is 0 Å². The van der Waals surface area contributed by atoms with Crippen LogP contribution in [0.5, 0.6) is 0 Å². The standard InChI is InChI=1S/C22H20ClF3N6O/c1-3-19(33)31-6-7-32(12(2)10-31)21-14-8-16(23)13(9-17(14)28-11-29-21)20-15(22(24,25)26)4-5-18(27)30-20/h3-5,8-9,11-12H,1,6-7,10H2,2H3,(H2,27,30)/t12-/m0/s1. The summed E-state index contributed by atoms with van der Waals surface area (Å²) in [5.74, 6) is 0.387. The van der Waals surface area contributed by atoms with Crippen LogP contribution in [0.3, 0.4) is 0 Å². The molecule has 1 atom stereocenters. The van der Waals surface area contributed by atoms with Crippen molar-refractivity contribution in [3.8, 4) is 11.3 Å². The topological polar surface area (TPSA) is 88.2 Å². The number of rotatable bonds is 3. The molecule has 33 heavy (non-hydrogen) atoms. The van der Waals surface area contributed by atoms with Gasteiger partial charge in [-0.2, -0.15) is 13.2 Å². The molecular weight excluding hydrogens is 457 g/mol. The number of pyridine rings is 1. The third-order valence-electron chi connectivity index (χ3n) is 5.57. The first-order valence-corrected chi connectivity index (χ1v) is 10.4. The minimum atomic E-state index is -4.64. The van der Waals surface area contributed by atoms with Crippen LogP contribution < -0.4 is 10.6 Å². The van der Waals surface area contributed by atoms with Gasteiger partial charge in [0.25, 0.3) is 0 Å². The molecular formula is C22H20ClF3N6O. The number of nitrogens with two attached hydrogens (primary N) is 1. The Morgan fingerprint density at radius 2 is 2.03 bits per heavy atom. The molecule has 11 heteroatoms. The second-order valence-corrected chi connectivity index (χ2v) is 8.11. The molecule has 0 bridgehead atoms. The second kappa shape index (κ2) is 8.51. The lowest BCUT2D eigenvalue weighted by molar-refractivity contribution is -0.137. The predicted molar refractivity (Wildman–Crippen MR) is 121 cm³/mol. The van der Waals surface area contributed by atoms with Gasteiger partial charge >= 0.3 is 6.18 Å². The maximum Gasteiger partial charge on any atom is 0.418 e. The first-order chi connectivity index (χ1) is 15.6. The number of carbonyl (C=O) groups is 1. The van der Waals surface area contributed by atoms with Crippen molar-refractivity contribution in [2.45, 2.75) is 19.1 Å². The Morgan fingerprint density at radius 1 is 1.27 bits per heavy atom. The highest BCUT2D eigenvalue weighted by atomic mass is 35.5. The molecule has 172 valence electrons. The van der Waals surface area contributed by atoms with Crippen molar-refractivity contribution in [1.29, 1.82) is 0 Å². The Labute approximate surface area is 192 Å². The molecule has 0 spiro atoms. The molecule has 3 aromatic rings. The average Bonchev–Trinajstić information content (AvgIpc) is 2.77. The summed E-state index contributed by atoms with van der Waals surface area (Å²) in [6, 6.07) is 4.92. The zero-order valence-corrected chi connectivity index (χ0v) is 18.4. The quantitative estimate of drug-likeness (QED) is 0.571. The monoisotopic (exact) mass is 476 g/mol. The number of nitrogen functional groups attached to an aromatic ring is 1. The summed E-state index contributed by atoms with van der Waals surface area (Å²) < 4.78 is 40.8. The molecule has 1 aliphatic heterocycles. The van der Waals surface area contributed by atoms with Crippen LogP contribution in [0.25, 0.3) is 22.2 Å².